The minimum absolute atomic E-state index is 0.0485. The smallest absolute Gasteiger partial charge is 0.246 e. The van der Waals surface area contributed by atoms with Crippen LogP contribution >= 0.6 is 11.6 Å². The first-order chi connectivity index (χ1) is 14.1. The van der Waals surface area contributed by atoms with Gasteiger partial charge in [0.15, 0.2) is 5.15 Å². The van der Waals surface area contributed by atoms with Crippen LogP contribution in [0.3, 0.4) is 0 Å². The summed E-state index contributed by atoms with van der Waals surface area (Å²) in [4.78, 5) is 33.6. The summed E-state index contributed by atoms with van der Waals surface area (Å²) in [6.07, 6.45) is 11.3. The molecular weight excluding hydrogens is 388 g/mol. The monoisotopic (exact) mass is 414 g/mol. The van der Waals surface area contributed by atoms with Crippen LogP contribution in [0.1, 0.15) is 44.2 Å². The van der Waals surface area contributed by atoms with Gasteiger partial charge in [-0.3, -0.25) is 14.0 Å². The number of halogens is 1. The Labute approximate surface area is 176 Å². The molecule has 6 nitrogen and oxygen atoms in total. The van der Waals surface area contributed by atoms with Crippen molar-refractivity contribution in [1.82, 2.24) is 19.2 Å². The molecule has 2 aromatic rings. The Kier molecular flexibility index (Phi) is 6.19. The highest BCUT2D eigenvalue weighted by molar-refractivity contribution is 6.31. The highest BCUT2D eigenvalue weighted by Gasteiger charge is 2.29. The van der Waals surface area contributed by atoms with Gasteiger partial charge >= 0.3 is 0 Å². The van der Waals surface area contributed by atoms with Crippen molar-refractivity contribution in [2.24, 2.45) is 5.92 Å². The highest BCUT2D eigenvalue weighted by atomic mass is 35.5. The van der Waals surface area contributed by atoms with Crippen LogP contribution in [-0.2, 0) is 9.59 Å². The van der Waals surface area contributed by atoms with Gasteiger partial charge in [0.25, 0.3) is 0 Å². The molecule has 4 rings (SSSR count). The van der Waals surface area contributed by atoms with Crippen molar-refractivity contribution in [2.45, 2.75) is 38.5 Å². The van der Waals surface area contributed by atoms with E-state index in [1.807, 2.05) is 38.6 Å². The van der Waals surface area contributed by atoms with Crippen LogP contribution in [-0.4, -0.2) is 57.2 Å². The first kappa shape index (κ1) is 20.0. The zero-order valence-corrected chi connectivity index (χ0v) is 17.4. The van der Waals surface area contributed by atoms with Crippen LogP contribution in [0.5, 0.6) is 0 Å². The number of fused-ring (bicyclic) bond motifs is 1. The zero-order chi connectivity index (χ0) is 20.2. The molecule has 2 amide bonds. The van der Waals surface area contributed by atoms with Crippen LogP contribution in [0.25, 0.3) is 11.7 Å². The molecule has 154 valence electrons. The van der Waals surface area contributed by atoms with Crippen LogP contribution in [0.15, 0.2) is 30.5 Å². The van der Waals surface area contributed by atoms with Gasteiger partial charge in [0.1, 0.15) is 5.65 Å². The van der Waals surface area contributed by atoms with Gasteiger partial charge < -0.3 is 9.80 Å². The lowest BCUT2D eigenvalue weighted by molar-refractivity contribution is -0.139. The first-order valence-corrected chi connectivity index (χ1v) is 10.9. The summed E-state index contributed by atoms with van der Waals surface area (Å²) < 4.78 is 1.86. The number of imidazole rings is 1. The zero-order valence-electron chi connectivity index (χ0n) is 16.6. The molecule has 0 spiro atoms. The second kappa shape index (κ2) is 8.99. The summed E-state index contributed by atoms with van der Waals surface area (Å²) in [6.45, 7) is 3.02. The first-order valence-electron chi connectivity index (χ1n) is 10.5. The molecule has 2 aliphatic heterocycles. The molecule has 2 fully saturated rings. The number of piperidine rings is 1. The quantitative estimate of drug-likeness (QED) is 0.720. The Hall–Kier alpha value is -2.34. The predicted molar refractivity (Wildman–Crippen MR) is 114 cm³/mol. The molecule has 7 heteroatoms. The van der Waals surface area contributed by atoms with E-state index in [9.17, 15) is 9.59 Å². The molecule has 4 heterocycles. The Morgan fingerprint density at radius 3 is 2.45 bits per heavy atom. The molecular formula is C22H27ClN4O2. The van der Waals surface area contributed by atoms with Crippen LogP contribution < -0.4 is 0 Å². The van der Waals surface area contributed by atoms with Crippen molar-refractivity contribution in [1.29, 1.82) is 0 Å². The molecule has 0 N–H and O–H groups in total. The molecule has 2 aliphatic rings. The Morgan fingerprint density at radius 2 is 1.72 bits per heavy atom. The Balaban J connectivity index is 1.34. The van der Waals surface area contributed by atoms with Crippen molar-refractivity contribution >= 4 is 35.1 Å². The molecule has 0 unspecified atom stereocenters. The molecule has 0 saturated carbocycles. The number of pyridine rings is 1. The van der Waals surface area contributed by atoms with Crippen LogP contribution in [0.4, 0.5) is 0 Å². The van der Waals surface area contributed by atoms with E-state index >= 15 is 0 Å². The number of aromatic nitrogens is 2. The van der Waals surface area contributed by atoms with E-state index in [-0.39, 0.29) is 17.7 Å². The Bertz CT molecular complexity index is 907. The van der Waals surface area contributed by atoms with E-state index in [0.29, 0.717) is 23.9 Å². The van der Waals surface area contributed by atoms with Crippen molar-refractivity contribution in [3.8, 4) is 0 Å². The summed E-state index contributed by atoms with van der Waals surface area (Å²) in [5, 5.41) is 0.377. The van der Waals surface area contributed by atoms with E-state index in [1.54, 1.807) is 12.2 Å². The lowest BCUT2D eigenvalue weighted by atomic mass is 9.95. The second-order valence-electron chi connectivity index (χ2n) is 7.89. The number of rotatable bonds is 3. The molecule has 2 aromatic heterocycles. The largest absolute Gasteiger partial charge is 0.342 e. The van der Waals surface area contributed by atoms with Crippen LogP contribution in [0.2, 0.25) is 5.15 Å². The van der Waals surface area contributed by atoms with Crippen molar-refractivity contribution in [3.63, 3.8) is 0 Å². The van der Waals surface area contributed by atoms with Gasteiger partial charge in [-0.25, -0.2) is 4.98 Å². The maximum Gasteiger partial charge on any atom is 0.246 e. The van der Waals surface area contributed by atoms with E-state index < -0.39 is 0 Å². The van der Waals surface area contributed by atoms with Gasteiger partial charge in [0.05, 0.1) is 5.69 Å². The third-order valence-corrected chi connectivity index (χ3v) is 6.26. The normalized spacial score (nSPS) is 19.1. The summed E-state index contributed by atoms with van der Waals surface area (Å²) >= 11 is 6.23. The van der Waals surface area contributed by atoms with Gasteiger partial charge in [-0.15, -0.1) is 0 Å². The molecule has 0 bridgehead atoms. The lowest BCUT2D eigenvalue weighted by Crippen LogP contribution is -2.44. The summed E-state index contributed by atoms with van der Waals surface area (Å²) in [6, 6.07) is 5.67. The predicted octanol–water partition coefficient (Wildman–Crippen LogP) is 3.64. The molecule has 0 atom stereocenters. The molecule has 29 heavy (non-hydrogen) atoms. The van der Waals surface area contributed by atoms with Gasteiger partial charge in [-0.05, 0) is 43.9 Å². The maximum absolute atomic E-state index is 12.8. The average Bonchev–Trinajstić information content (AvgIpc) is 2.90. The summed E-state index contributed by atoms with van der Waals surface area (Å²) in [5.41, 5.74) is 1.44. The molecule has 0 radical (unpaired) electrons. The van der Waals surface area contributed by atoms with E-state index in [2.05, 4.69) is 4.98 Å². The van der Waals surface area contributed by atoms with Gasteiger partial charge in [0, 0.05) is 44.4 Å². The maximum atomic E-state index is 12.8. The van der Waals surface area contributed by atoms with Crippen molar-refractivity contribution in [2.75, 3.05) is 26.2 Å². The number of likely N-dealkylation sites (tertiary alicyclic amines) is 2. The van der Waals surface area contributed by atoms with Crippen LogP contribution in [0, 0.1) is 5.92 Å². The van der Waals surface area contributed by atoms with Gasteiger partial charge in [0.2, 0.25) is 11.8 Å². The SMILES string of the molecule is O=C(C=Cc1c(Cl)nc2ccccn12)N1CCC(C(=O)N2CCCCCC2)CC1. The molecule has 0 aromatic carbocycles. The number of carbonyl (C=O) groups is 2. The standard InChI is InChI=1S/C22H27ClN4O2/c23-21-18(27-14-6-3-7-19(27)24-21)8-9-20(28)25-15-10-17(11-16-25)22(29)26-12-4-1-2-5-13-26/h3,6-9,14,17H,1-2,4-5,10-13,15-16H2. The third kappa shape index (κ3) is 4.47. The van der Waals surface area contributed by atoms with Gasteiger partial charge in [-0.1, -0.05) is 30.5 Å². The summed E-state index contributed by atoms with van der Waals surface area (Å²) in [7, 11) is 0. The van der Waals surface area contributed by atoms with Crippen molar-refractivity contribution in [3.05, 3.63) is 41.3 Å². The number of nitrogens with zero attached hydrogens (tertiary/aromatic N) is 4. The van der Waals surface area contributed by atoms with E-state index in [4.69, 9.17) is 11.6 Å². The average molecular weight is 415 g/mol. The van der Waals surface area contributed by atoms with E-state index in [1.165, 1.54) is 12.8 Å². The van der Waals surface area contributed by atoms with Gasteiger partial charge in [-0.2, -0.15) is 0 Å². The fourth-order valence-corrected chi connectivity index (χ4v) is 4.53. The number of amides is 2. The third-order valence-electron chi connectivity index (χ3n) is 5.98. The van der Waals surface area contributed by atoms with Crippen molar-refractivity contribution < 1.29 is 9.59 Å². The lowest BCUT2D eigenvalue weighted by Gasteiger charge is -2.33. The highest BCUT2D eigenvalue weighted by Crippen LogP contribution is 2.23. The topological polar surface area (TPSA) is 57.9 Å². The summed E-state index contributed by atoms with van der Waals surface area (Å²) in [5.74, 6) is 0.286. The molecule has 0 aliphatic carbocycles. The number of hydrogen-bond acceptors (Lipinski definition) is 3. The second-order valence-corrected chi connectivity index (χ2v) is 8.25. The minimum atomic E-state index is -0.0485. The molecule has 2 saturated heterocycles. The number of carbonyl (C=O) groups excluding carboxylic acids is 2. The fraction of sp³-hybridized carbons (Fsp3) is 0.500. The van der Waals surface area contributed by atoms with E-state index in [0.717, 1.165) is 44.4 Å². The minimum Gasteiger partial charge on any atom is -0.342 e. The fourth-order valence-electron chi connectivity index (χ4n) is 4.29. The number of hydrogen-bond donors (Lipinski definition) is 0. The Morgan fingerprint density at radius 1 is 1.00 bits per heavy atom.